The maximum atomic E-state index is 11.0. The first-order chi connectivity index (χ1) is 5.84. The molecule has 0 aliphatic heterocycles. The fourth-order valence-electron chi connectivity index (χ4n) is 0.707. The first kappa shape index (κ1) is 8.89. The number of aliphatic hydroxyl groups excluding tert-OH is 1. The van der Waals surface area contributed by atoms with Crippen molar-refractivity contribution >= 4 is 0 Å². The van der Waals surface area contributed by atoms with Crippen molar-refractivity contribution in [1.82, 2.24) is 9.55 Å². The summed E-state index contributed by atoms with van der Waals surface area (Å²) in [5, 5.41) is 8.39. The third-order valence-corrected chi connectivity index (χ3v) is 1.27. The van der Waals surface area contributed by atoms with E-state index in [0.29, 0.717) is 0 Å². The van der Waals surface area contributed by atoms with Gasteiger partial charge in [0.25, 0.3) is 5.56 Å². The molecule has 1 N–H and O–H groups in total. The Morgan fingerprint density at radius 2 is 2.50 bits per heavy atom. The second-order valence-corrected chi connectivity index (χ2v) is 2.15. The van der Waals surface area contributed by atoms with Crippen molar-refractivity contribution in [1.29, 1.82) is 0 Å². The normalized spacial score (nSPS) is 10.1. The molecule has 12 heavy (non-hydrogen) atoms. The van der Waals surface area contributed by atoms with Gasteiger partial charge in [-0.3, -0.25) is 14.3 Å². The van der Waals surface area contributed by atoms with E-state index < -0.39 is 0 Å². The molecule has 0 aliphatic rings. The fourth-order valence-corrected chi connectivity index (χ4v) is 0.707. The number of hydrogen-bond donors (Lipinski definition) is 1. The predicted octanol–water partition coefficient (Wildman–Crippen LogP) is -0.790. The molecular weight excluding hydrogens is 160 g/mol. The maximum absolute atomic E-state index is 11.0. The average Bonchev–Trinajstić information content (AvgIpc) is 2.09. The SMILES string of the molecule is O=c1cnccn1COCCO. The molecule has 1 rings (SSSR count). The minimum Gasteiger partial charge on any atom is -0.394 e. The molecule has 0 aliphatic carbocycles. The molecule has 5 heteroatoms. The van der Waals surface area contributed by atoms with Crippen LogP contribution in [-0.2, 0) is 11.5 Å². The Labute approximate surface area is 69.2 Å². The fraction of sp³-hybridized carbons (Fsp3) is 0.429. The zero-order chi connectivity index (χ0) is 8.81. The Morgan fingerprint density at radius 3 is 3.17 bits per heavy atom. The van der Waals surface area contributed by atoms with E-state index in [-0.39, 0.29) is 25.5 Å². The monoisotopic (exact) mass is 170 g/mol. The Bertz CT molecular complexity index is 284. The standard InChI is InChI=1S/C7H10N2O3/c10-3-4-12-6-9-2-1-8-5-7(9)11/h1-2,5,10H,3-4,6H2. The average molecular weight is 170 g/mol. The molecule has 0 atom stereocenters. The highest BCUT2D eigenvalue weighted by Gasteiger charge is 1.92. The minimum atomic E-state index is -0.213. The van der Waals surface area contributed by atoms with Crippen molar-refractivity contribution in [2.75, 3.05) is 13.2 Å². The van der Waals surface area contributed by atoms with Crippen molar-refractivity contribution in [3.05, 3.63) is 28.9 Å². The van der Waals surface area contributed by atoms with E-state index in [0.717, 1.165) is 0 Å². The lowest BCUT2D eigenvalue weighted by Crippen LogP contribution is -2.20. The van der Waals surface area contributed by atoms with Crippen LogP contribution >= 0.6 is 0 Å². The third-order valence-electron chi connectivity index (χ3n) is 1.27. The van der Waals surface area contributed by atoms with E-state index in [9.17, 15) is 4.79 Å². The second kappa shape index (κ2) is 4.63. The molecule has 66 valence electrons. The van der Waals surface area contributed by atoms with Gasteiger partial charge >= 0.3 is 0 Å². The summed E-state index contributed by atoms with van der Waals surface area (Å²) in [5.74, 6) is 0. The van der Waals surface area contributed by atoms with Gasteiger partial charge in [0.05, 0.1) is 19.4 Å². The molecule has 0 bridgehead atoms. The van der Waals surface area contributed by atoms with Gasteiger partial charge < -0.3 is 9.84 Å². The number of rotatable bonds is 4. The summed E-state index contributed by atoms with van der Waals surface area (Å²) >= 11 is 0. The van der Waals surface area contributed by atoms with Crippen LogP contribution in [0.5, 0.6) is 0 Å². The van der Waals surface area contributed by atoms with E-state index in [4.69, 9.17) is 9.84 Å². The molecule has 0 radical (unpaired) electrons. The Hall–Kier alpha value is -1.20. The summed E-state index contributed by atoms with van der Waals surface area (Å²) in [6.07, 6.45) is 4.24. The van der Waals surface area contributed by atoms with Gasteiger partial charge in [-0.1, -0.05) is 0 Å². The Kier molecular flexibility index (Phi) is 3.43. The van der Waals surface area contributed by atoms with E-state index in [1.54, 1.807) is 0 Å². The summed E-state index contributed by atoms with van der Waals surface area (Å²) in [7, 11) is 0. The quantitative estimate of drug-likeness (QED) is 0.601. The van der Waals surface area contributed by atoms with Crippen LogP contribution in [0.15, 0.2) is 23.4 Å². The van der Waals surface area contributed by atoms with Crippen molar-refractivity contribution in [3.63, 3.8) is 0 Å². The van der Waals surface area contributed by atoms with Crippen LogP contribution < -0.4 is 5.56 Å². The second-order valence-electron chi connectivity index (χ2n) is 2.15. The van der Waals surface area contributed by atoms with Crippen LogP contribution in [0.2, 0.25) is 0 Å². The van der Waals surface area contributed by atoms with Crippen LogP contribution in [-0.4, -0.2) is 27.9 Å². The van der Waals surface area contributed by atoms with E-state index in [1.165, 1.54) is 23.2 Å². The lowest BCUT2D eigenvalue weighted by Gasteiger charge is -2.03. The highest BCUT2D eigenvalue weighted by atomic mass is 16.5. The van der Waals surface area contributed by atoms with Gasteiger partial charge in [0.2, 0.25) is 0 Å². The molecule has 1 aromatic heterocycles. The largest absolute Gasteiger partial charge is 0.394 e. The molecule has 0 saturated carbocycles. The molecular formula is C7H10N2O3. The highest BCUT2D eigenvalue weighted by Crippen LogP contribution is 1.80. The first-order valence-electron chi connectivity index (χ1n) is 3.53. The van der Waals surface area contributed by atoms with Crippen LogP contribution in [0, 0.1) is 0 Å². The van der Waals surface area contributed by atoms with Gasteiger partial charge in [0.1, 0.15) is 6.73 Å². The van der Waals surface area contributed by atoms with Gasteiger partial charge in [0.15, 0.2) is 0 Å². The van der Waals surface area contributed by atoms with Crippen molar-refractivity contribution in [2.45, 2.75) is 6.73 Å². The number of nitrogens with zero attached hydrogens (tertiary/aromatic N) is 2. The van der Waals surface area contributed by atoms with Gasteiger partial charge in [0, 0.05) is 12.4 Å². The number of aliphatic hydroxyl groups is 1. The number of aromatic nitrogens is 2. The third kappa shape index (κ3) is 2.44. The summed E-state index contributed by atoms with van der Waals surface area (Å²) < 4.78 is 6.30. The molecule has 1 heterocycles. The van der Waals surface area contributed by atoms with E-state index >= 15 is 0 Å². The smallest absolute Gasteiger partial charge is 0.270 e. The number of hydrogen-bond acceptors (Lipinski definition) is 4. The molecule has 0 amide bonds. The molecule has 0 unspecified atom stereocenters. The van der Waals surface area contributed by atoms with Crippen molar-refractivity contribution in [3.8, 4) is 0 Å². The van der Waals surface area contributed by atoms with E-state index in [2.05, 4.69) is 4.98 Å². The van der Waals surface area contributed by atoms with Gasteiger partial charge in [-0.15, -0.1) is 0 Å². The van der Waals surface area contributed by atoms with E-state index in [1.807, 2.05) is 0 Å². The van der Waals surface area contributed by atoms with Crippen LogP contribution in [0.25, 0.3) is 0 Å². The Balaban J connectivity index is 2.52. The zero-order valence-electron chi connectivity index (χ0n) is 6.51. The topological polar surface area (TPSA) is 64.4 Å². The van der Waals surface area contributed by atoms with Crippen molar-refractivity contribution in [2.24, 2.45) is 0 Å². The van der Waals surface area contributed by atoms with Gasteiger partial charge in [-0.25, -0.2) is 0 Å². The summed E-state index contributed by atoms with van der Waals surface area (Å²) in [6, 6.07) is 0. The number of ether oxygens (including phenoxy) is 1. The highest BCUT2D eigenvalue weighted by molar-refractivity contribution is 4.78. The molecule has 0 spiro atoms. The van der Waals surface area contributed by atoms with Gasteiger partial charge in [-0.05, 0) is 0 Å². The summed E-state index contributed by atoms with van der Waals surface area (Å²) in [6.45, 7) is 0.344. The summed E-state index contributed by atoms with van der Waals surface area (Å²) in [5.41, 5.74) is -0.213. The minimum absolute atomic E-state index is 0.0418. The van der Waals surface area contributed by atoms with Crippen LogP contribution in [0.4, 0.5) is 0 Å². The Morgan fingerprint density at radius 1 is 1.67 bits per heavy atom. The molecule has 0 fully saturated rings. The molecule has 5 nitrogen and oxygen atoms in total. The predicted molar refractivity (Wildman–Crippen MR) is 41.5 cm³/mol. The van der Waals surface area contributed by atoms with Crippen LogP contribution in [0.3, 0.4) is 0 Å². The first-order valence-corrected chi connectivity index (χ1v) is 3.53. The summed E-state index contributed by atoms with van der Waals surface area (Å²) in [4.78, 5) is 14.6. The lowest BCUT2D eigenvalue weighted by molar-refractivity contribution is 0.0463. The van der Waals surface area contributed by atoms with Crippen molar-refractivity contribution < 1.29 is 9.84 Å². The molecule has 0 saturated heterocycles. The zero-order valence-corrected chi connectivity index (χ0v) is 6.51. The van der Waals surface area contributed by atoms with Gasteiger partial charge in [-0.2, -0.15) is 0 Å². The van der Waals surface area contributed by atoms with Crippen LogP contribution in [0.1, 0.15) is 0 Å². The molecule has 1 aromatic rings. The lowest BCUT2D eigenvalue weighted by atomic mass is 10.7. The maximum Gasteiger partial charge on any atom is 0.270 e. The molecule has 0 aromatic carbocycles.